The van der Waals surface area contributed by atoms with Gasteiger partial charge in [-0.1, -0.05) is 6.07 Å². The molecule has 3 aliphatic heterocycles. The van der Waals surface area contributed by atoms with Crippen LogP contribution in [0.3, 0.4) is 0 Å². The van der Waals surface area contributed by atoms with E-state index in [1.54, 1.807) is 0 Å². The molecular formula is C13H19N3. The molecule has 1 unspecified atom stereocenters. The van der Waals surface area contributed by atoms with Crippen molar-refractivity contribution in [2.24, 2.45) is 11.7 Å². The Balaban J connectivity index is 1.81. The fourth-order valence-corrected chi connectivity index (χ4v) is 3.08. The summed E-state index contributed by atoms with van der Waals surface area (Å²) in [5.41, 5.74) is 7.99. The largest absolute Gasteiger partial charge is 0.326 e. The molecule has 3 heteroatoms. The van der Waals surface area contributed by atoms with Gasteiger partial charge in [-0.2, -0.15) is 0 Å². The molecule has 0 aromatic carbocycles. The summed E-state index contributed by atoms with van der Waals surface area (Å²) < 4.78 is 0. The lowest BCUT2D eigenvalue weighted by Crippen LogP contribution is -2.46. The first-order valence-electron chi connectivity index (χ1n) is 6.24. The number of nitrogens with zero attached hydrogens (tertiary/aromatic N) is 2. The van der Waals surface area contributed by atoms with Crippen molar-refractivity contribution in [2.45, 2.75) is 25.3 Å². The molecule has 0 spiro atoms. The van der Waals surface area contributed by atoms with Crippen molar-refractivity contribution < 1.29 is 0 Å². The molecule has 2 bridgehead atoms. The first-order valence-corrected chi connectivity index (χ1v) is 6.24. The summed E-state index contributed by atoms with van der Waals surface area (Å²) in [5.74, 6) is 1.52. The Morgan fingerprint density at radius 2 is 2.12 bits per heavy atom. The van der Waals surface area contributed by atoms with E-state index >= 15 is 0 Å². The summed E-state index contributed by atoms with van der Waals surface area (Å²) in [6, 6.07) is 4.30. The van der Waals surface area contributed by atoms with Gasteiger partial charge in [-0.25, -0.2) is 0 Å². The number of pyridine rings is 1. The van der Waals surface area contributed by atoms with Crippen molar-refractivity contribution in [2.75, 3.05) is 19.6 Å². The van der Waals surface area contributed by atoms with Crippen LogP contribution in [0.4, 0.5) is 0 Å². The quantitative estimate of drug-likeness (QED) is 0.813. The van der Waals surface area contributed by atoms with Gasteiger partial charge >= 0.3 is 0 Å². The third-order valence-corrected chi connectivity index (χ3v) is 4.12. The van der Waals surface area contributed by atoms with Crippen LogP contribution in [0.1, 0.15) is 30.0 Å². The summed E-state index contributed by atoms with van der Waals surface area (Å²) in [7, 11) is 0. The van der Waals surface area contributed by atoms with E-state index in [0.29, 0.717) is 12.5 Å². The number of hydrogen-bond acceptors (Lipinski definition) is 3. The molecule has 4 heterocycles. The molecule has 1 aromatic rings. The standard InChI is InChI=1S/C13H19N3/c14-7-10-1-2-13(15-8-10)12-9-16-5-3-11(12)4-6-16/h1-2,8,11-12H,3-7,9,14H2. The molecule has 1 aromatic heterocycles. The highest BCUT2D eigenvalue weighted by atomic mass is 15.1. The van der Waals surface area contributed by atoms with E-state index in [2.05, 4.69) is 22.0 Å². The smallest absolute Gasteiger partial charge is 0.0450 e. The maximum atomic E-state index is 5.59. The van der Waals surface area contributed by atoms with Crippen LogP contribution in [0.15, 0.2) is 18.3 Å². The van der Waals surface area contributed by atoms with Gasteiger partial charge in [-0.15, -0.1) is 0 Å². The van der Waals surface area contributed by atoms with E-state index < -0.39 is 0 Å². The molecule has 0 radical (unpaired) electrons. The molecule has 0 aliphatic carbocycles. The van der Waals surface area contributed by atoms with Crippen LogP contribution in [0.5, 0.6) is 0 Å². The number of aromatic nitrogens is 1. The summed E-state index contributed by atoms with van der Waals surface area (Å²) in [5, 5.41) is 0. The average molecular weight is 217 g/mol. The molecule has 4 rings (SSSR count). The second-order valence-corrected chi connectivity index (χ2v) is 5.04. The number of fused-ring (bicyclic) bond motifs is 3. The van der Waals surface area contributed by atoms with Crippen LogP contribution in [-0.2, 0) is 6.54 Å². The van der Waals surface area contributed by atoms with Crippen molar-refractivity contribution >= 4 is 0 Å². The van der Waals surface area contributed by atoms with Crippen molar-refractivity contribution in [1.29, 1.82) is 0 Å². The van der Waals surface area contributed by atoms with Gasteiger partial charge in [-0.3, -0.25) is 4.98 Å². The fraction of sp³-hybridized carbons (Fsp3) is 0.615. The highest BCUT2D eigenvalue weighted by molar-refractivity contribution is 5.19. The van der Waals surface area contributed by atoms with E-state index in [1.807, 2.05) is 6.20 Å². The molecule has 2 N–H and O–H groups in total. The summed E-state index contributed by atoms with van der Waals surface area (Å²) in [6.07, 6.45) is 4.64. The predicted octanol–water partition coefficient (Wildman–Crippen LogP) is 1.35. The zero-order valence-electron chi connectivity index (χ0n) is 9.60. The third kappa shape index (κ3) is 1.74. The van der Waals surface area contributed by atoms with Crippen molar-refractivity contribution in [3.8, 4) is 0 Å². The van der Waals surface area contributed by atoms with Crippen LogP contribution in [0.2, 0.25) is 0 Å². The Hall–Kier alpha value is -0.930. The summed E-state index contributed by atoms with van der Waals surface area (Å²) in [4.78, 5) is 7.16. The lowest BCUT2D eigenvalue weighted by Gasteiger charge is -2.44. The zero-order valence-corrected chi connectivity index (χ0v) is 9.60. The predicted molar refractivity (Wildman–Crippen MR) is 64.0 cm³/mol. The van der Waals surface area contributed by atoms with Gasteiger partial charge in [0.25, 0.3) is 0 Å². The third-order valence-electron chi connectivity index (χ3n) is 4.12. The second kappa shape index (κ2) is 4.15. The Morgan fingerprint density at radius 3 is 2.62 bits per heavy atom. The van der Waals surface area contributed by atoms with E-state index in [4.69, 9.17) is 5.73 Å². The highest BCUT2D eigenvalue weighted by Crippen LogP contribution is 2.37. The van der Waals surface area contributed by atoms with E-state index in [-0.39, 0.29) is 0 Å². The number of hydrogen-bond donors (Lipinski definition) is 1. The SMILES string of the molecule is NCc1ccc(C2CN3CCC2CC3)nc1. The second-order valence-electron chi connectivity index (χ2n) is 5.04. The van der Waals surface area contributed by atoms with E-state index in [0.717, 1.165) is 11.5 Å². The first-order chi connectivity index (χ1) is 7.86. The van der Waals surface area contributed by atoms with Gasteiger partial charge in [0.1, 0.15) is 0 Å². The van der Waals surface area contributed by atoms with Gasteiger partial charge in [0.2, 0.25) is 0 Å². The number of piperidine rings is 3. The molecule has 3 nitrogen and oxygen atoms in total. The summed E-state index contributed by atoms with van der Waals surface area (Å²) >= 11 is 0. The minimum atomic E-state index is 0.591. The lowest BCUT2D eigenvalue weighted by atomic mass is 9.77. The molecule has 16 heavy (non-hydrogen) atoms. The normalized spacial score (nSPS) is 32.9. The van der Waals surface area contributed by atoms with Crippen LogP contribution >= 0.6 is 0 Å². The van der Waals surface area contributed by atoms with Crippen LogP contribution in [0, 0.1) is 5.92 Å². The van der Waals surface area contributed by atoms with Gasteiger partial charge in [-0.05, 0) is 43.5 Å². The Morgan fingerprint density at radius 1 is 1.31 bits per heavy atom. The van der Waals surface area contributed by atoms with Crippen LogP contribution in [-0.4, -0.2) is 29.5 Å². The number of rotatable bonds is 2. The van der Waals surface area contributed by atoms with E-state index in [1.165, 1.54) is 38.2 Å². The van der Waals surface area contributed by atoms with Gasteiger partial charge in [0.05, 0.1) is 0 Å². The van der Waals surface area contributed by atoms with Crippen molar-refractivity contribution in [3.63, 3.8) is 0 Å². The van der Waals surface area contributed by atoms with Crippen LogP contribution < -0.4 is 5.73 Å². The maximum absolute atomic E-state index is 5.59. The molecule has 0 amide bonds. The molecular weight excluding hydrogens is 198 g/mol. The monoisotopic (exact) mass is 217 g/mol. The first kappa shape index (κ1) is 10.2. The van der Waals surface area contributed by atoms with Crippen molar-refractivity contribution in [3.05, 3.63) is 29.6 Å². The maximum Gasteiger partial charge on any atom is 0.0450 e. The van der Waals surface area contributed by atoms with Gasteiger partial charge < -0.3 is 10.6 Å². The fourth-order valence-electron chi connectivity index (χ4n) is 3.08. The molecule has 86 valence electrons. The van der Waals surface area contributed by atoms with E-state index in [9.17, 15) is 0 Å². The Kier molecular flexibility index (Phi) is 2.65. The molecule has 3 aliphatic rings. The molecule has 1 atom stereocenters. The zero-order chi connectivity index (χ0) is 11.0. The topological polar surface area (TPSA) is 42.1 Å². The minimum absolute atomic E-state index is 0.591. The molecule has 3 fully saturated rings. The molecule has 0 saturated carbocycles. The van der Waals surface area contributed by atoms with Gasteiger partial charge in [0, 0.05) is 30.9 Å². The molecule has 3 saturated heterocycles. The van der Waals surface area contributed by atoms with Gasteiger partial charge in [0.15, 0.2) is 0 Å². The van der Waals surface area contributed by atoms with Crippen molar-refractivity contribution in [1.82, 2.24) is 9.88 Å². The number of nitrogens with two attached hydrogens (primary N) is 1. The Bertz CT molecular complexity index is 352. The summed E-state index contributed by atoms with van der Waals surface area (Å²) in [6.45, 7) is 4.39. The van der Waals surface area contributed by atoms with Crippen LogP contribution in [0.25, 0.3) is 0 Å². The Labute approximate surface area is 96.7 Å². The lowest BCUT2D eigenvalue weighted by molar-refractivity contribution is 0.0854. The minimum Gasteiger partial charge on any atom is -0.326 e. The average Bonchev–Trinajstić information content (AvgIpc) is 2.40. The highest BCUT2D eigenvalue weighted by Gasteiger charge is 2.35.